The average molecular weight is 311 g/mol. The van der Waals surface area contributed by atoms with E-state index in [9.17, 15) is 4.79 Å². The van der Waals surface area contributed by atoms with Crippen LogP contribution in [0, 0.1) is 6.92 Å². The Morgan fingerprint density at radius 2 is 2.00 bits per heavy atom. The van der Waals surface area contributed by atoms with E-state index >= 15 is 0 Å². The van der Waals surface area contributed by atoms with Crippen molar-refractivity contribution in [1.82, 2.24) is 10.2 Å². The van der Waals surface area contributed by atoms with E-state index in [0.29, 0.717) is 6.10 Å². The molecule has 0 bridgehead atoms. The van der Waals surface area contributed by atoms with Crippen LogP contribution in [0.5, 0.6) is 5.75 Å². The summed E-state index contributed by atoms with van der Waals surface area (Å²) in [6.45, 7) is 3.45. The summed E-state index contributed by atoms with van der Waals surface area (Å²) in [5.74, 6) is 0.971. The lowest BCUT2D eigenvalue weighted by Crippen LogP contribution is -2.21. The quantitative estimate of drug-likeness (QED) is 0.947. The SMILES string of the molecule is Cc1c(N2Cc3ccc(OC4CCCC4)cc3C2)cn[nH]c1=O. The van der Waals surface area contributed by atoms with Crippen LogP contribution in [0.4, 0.5) is 5.69 Å². The number of hydrogen-bond donors (Lipinski definition) is 1. The van der Waals surface area contributed by atoms with Crippen molar-refractivity contribution < 1.29 is 4.74 Å². The van der Waals surface area contributed by atoms with Crippen LogP contribution in [0.2, 0.25) is 0 Å². The summed E-state index contributed by atoms with van der Waals surface area (Å²) in [5.41, 5.74) is 4.07. The topological polar surface area (TPSA) is 58.2 Å². The standard InChI is InChI=1S/C18H21N3O2/c1-12-17(9-19-20-18(12)22)21-10-13-6-7-16(8-14(13)11-21)23-15-4-2-3-5-15/h6-9,15H,2-5,10-11H2,1H3,(H,20,22). The number of hydrogen-bond acceptors (Lipinski definition) is 4. The van der Waals surface area contributed by atoms with E-state index in [1.807, 2.05) is 6.92 Å². The van der Waals surface area contributed by atoms with Gasteiger partial charge in [0.05, 0.1) is 18.0 Å². The van der Waals surface area contributed by atoms with Crippen LogP contribution in [0.15, 0.2) is 29.2 Å². The van der Waals surface area contributed by atoms with Crippen LogP contribution in [-0.2, 0) is 13.1 Å². The summed E-state index contributed by atoms with van der Waals surface area (Å²) < 4.78 is 6.10. The lowest BCUT2D eigenvalue weighted by molar-refractivity contribution is 0.210. The van der Waals surface area contributed by atoms with Crippen LogP contribution in [0.3, 0.4) is 0 Å². The fourth-order valence-electron chi connectivity index (χ4n) is 3.58. The number of ether oxygens (including phenoxy) is 1. The number of aromatic nitrogens is 2. The maximum Gasteiger partial charge on any atom is 0.269 e. The van der Waals surface area contributed by atoms with Gasteiger partial charge in [0.25, 0.3) is 5.56 Å². The first-order valence-corrected chi connectivity index (χ1v) is 8.28. The van der Waals surface area contributed by atoms with Gasteiger partial charge >= 0.3 is 0 Å². The average Bonchev–Trinajstić information content (AvgIpc) is 3.19. The van der Waals surface area contributed by atoms with Crippen molar-refractivity contribution in [3.63, 3.8) is 0 Å². The van der Waals surface area contributed by atoms with Crippen molar-refractivity contribution in [2.75, 3.05) is 4.90 Å². The molecule has 1 aromatic heterocycles. The van der Waals surface area contributed by atoms with Gasteiger partial charge in [0, 0.05) is 18.7 Å². The van der Waals surface area contributed by atoms with Crippen LogP contribution in [0.1, 0.15) is 42.4 Å². The number of nitrogens with zero attached hydrogens (tertiary/aromatic N) is 2. The van der Waals surface area contributed by atoms with Crippen LogP contribution < -0.4 is 15.2 Å². The molecule has 0 radical (unpaired) electrons. The Hall–Kier alpha value is -2.30. The molecule has 1 aliphatic heterocycles. The first kappa shape index (κ1) is 14.3. The molecule has 0 amide bonds. The Labute approximate surface area is 135 Å². The Balaban J connectivity index is 1.55. The molecule has 0 atom stereocenters. The molecule has 0 saturated heterocycles. The van der Waals surface area contributed by atoms with Gasteiger partial charge in [-0.05, 0) is 55.9 Å². The zero-order valence-corrected chi connectivity index (χ0v) is 13.3. The highest BCUT2D eigenvalue weighted by Gasteiger charge is 2.23. The van der Waals surface area contributed by atoms with Crippen LogP contribution in [0.25, 0.3) is 0 Å². The van der Waals surface area contributed by atoms with Gasteiger partial charge in [-0.25, -0.2) is 5.10 Å². The molecular weight excluding hydrogens is 290 g/mol. The van der Waals surface area contributed by atoms with Gasteiger partial charge < -0.3 is 9.64 Å². The lowest BCUT2D eigenvalue weighted by atomic mass is 10.1. The largest absolute Gasteiger partial charge is 0.490 e. The minimum atomic E-state index is -0.122. The second-order valence-corrected chi connectivity index (χ2v) is 6.52. The van der Waals surface area contributed by atoms with Crippen molar-refractivity contribution >= 4 is 5.69 Å². The number of H-pyrrole nitrogens is 1. The van der Waals surface area contributed by atoms with Crippen molar-refractivity contribution in [3.8, 4) is 5.75 Å². The Bertz CT molecular complexity index is 778. The number of anilines is 1. The second-order valence-electron chi connectivity index (χ2n) is 6.52. The van der Waals surface area contributed by atoms with Crippen LogP contribution in [-0.4, -0.2) is 16.3 Å². The molecule has 1 saturated carbocycles. The molecule has 23 heavy (non-hydrogen) atoms. The molecule has 0 unspecified atom stereocenters. The minimum Gasteiger partial charge on any atom is -0.490 e. The zero-order chi connectivity index (χ0) is 15.8. The lowest BCUT2D eigenvalue weighted by Gasteiger charge is -2.18. The number of fused-ring (bicyclic) bond motifs is 1. The van der Waals surface area contributed by atoms with Crippen molar-refractivity contribution in [2.45, 2.75) is 51.8 Å². The molecule has 2 aromatic rings. The highest BCUT2D eigenvalue weighted by atomic mass is 16.5. The molecule has 120 valence electrons. The second kappa shape index (κ2) is 5.72. The smallest absolute Gasteiger partial charge is 0.269 e. The molecule has 1 aromatic carbocycles. The Morgan fingerprint density at radius 3 is 2.83 bits per heavy atom. The summed E-state index contributed by atoms with van der Waals surface area (Å²) in [6.07, 6.45) is 7.00. The van der Waals surface area contributed by atoms with E-state index in [4.69, 9.17) is 4.74 Å². The normalized spacial score (nSPS) is 17.5. The third-order valence-electron chi connectivity index (χ3n) is 4.92. The molecule has 1 fully saturated rings. The summed E-state index contributed by atoms with van der Waals surface area (Å²) in [4.78, 5) is 13.9. The molecule has 4 rings (SSSR count). The fraction of sp³-hybridized carbons (Fsp3) is 0.444. The van der Waals surface area contributed by atoms with Gasteiger partial charge in [-0.3, -0.25) is 4.79 Å². The van der Waals surface area contributed by atoms with Crippen molar-refractivity contribution in [3.05, 3.63) is 51.4 Å². The molecule has 0 spiro atoms. The molecule has 2 aliphatic rings. The fourth-order valence-corrected chi connectivity index (χ4v) is 3.58. The summed E-state index contributed by atoms with van der Waals surface area (Å²) in [5, 5.41) is 6.42. The zero-order valence-electron chi connectivity index (χ0n) is 13.3. The number of rotatable bonds is 3. The van der Waals surface area contributed by atoms with E-state index in [2.05, 4.69) is 33.3 Å². The monoisotopic (exact) mass is 311 g/mol. The van der Waals surface area contributed by atoms with E-state index in [1.165, 1.54) is 36.8 Å². The van der Waals surface area contributed by atoms with E-state index in [0.717, 1.165) is 30.1 Å². The first-order chi connectivity index (χ1) is 11.2. The van der Waals surface area contributed by atoms with Gasteiger partial charge in [0.2, 0.25) is 0 Å². The third-order valence-corrected chi connectivity index (χ3v) is 4.92. The summed E-state index contributed by atoms with van der Waals surface area (Å²) >= 11 is 0. The molecule has 5 heteroatoms. The van der Waals surface area contributed by atoms with Gasteiger partial charge in [0.1, 0.15) is 5.75 Å². The van der Waals surface area contributed by atoms with Gasteiger partial charge in [0.15, 0.2) is 0 Å². The number of benzene rings is 1. The van der Waals surface area contributed by atoms with Gasteiger partial charge in [-0.1, -0.05) is 6.07 Å². The van der Waals surface area contributed by atoms with E-state index in [-0.39, 0.29) is 5.56 Å². The highest BCUT2D eigenvalue weighted by molar-refractivity contribution is 5.55. The minimum absolute atomic E-state index is 0.122. The molecular formula is C18H21N3O2. The number of aromatic amines is 1. The molecule has 1 aliphatic carbocycles. The Morgan fingerprint density at radius 1 is 1.22 bits per heavy atom. The molecule has 2 heterocycles. The van der Waals surface area contributed by atoms with Crippen LogP contribution >= 0.6 is 0 Å². The maximum atomic E-state index is 11.8. The summed E-state index contributed by atoms with van der Waals surface area (Å²) in [7, 11) is 0. The van der Waals surface area contributed by atoms with E-state index in [1.54, 1.807) is 6.20 Å². The molecule has 5 nitrogen and oxygen atoms in total. The van der Waals surface area contributed by atoms with E-state index < -0.39 is 0 Å². The van der Waals surface area contributed by atoms with Crippen molar-refractivity contribution in [2.24, 2.45) is 0 Å². The first-order valence-electron chi connectivity index (χ1n) is 8.28. The van der Waals surface area contributed by atoms with Gasteiger partial charge in [-0.2, -0.15) is 5.10 Å². The number of nitrogens with one attached hydrogen (secondary N) is 1. The predicted octanol–water partition coefficient (Wildman–Crippen LogP) is 2.92. The summed E-state index contributed by atoms with van der Waals surface area (Å²) in [6, 6.07) is 6.38. The Kier molecular flexibility index (Phi) is 3.56. The third kappa shape index (κ3) is 2.71. The van der Waals surface area contributed by atoms with Crippen molar-refractivity contribution in [1.29, 1.82) is 0 Å². The molecule has 1 N–H and O–H groups in total. The maximum absolute atomic E-state index is 11.8. The predicted molar refractivity (Wildman–Crippen MR) is 88.8 cm³/mol. The van der Waals surface area contributed by atoms with Gasteiger partial charge in [-0.15, -0.1) is 0 Å². The highest BCUT2D eigenvalue weighted by Crippen LogP contribution is 2.32.